The third-order valence-corrected chi connectivity index (χ3v) is 3.32. The van der Waals surface area contributed by atoms with Crippen LogP contribution in [0.1, 0.15) is 23.0 Å². The molecule has 0 spiro atoms. The van der Waals surface area contributed by atoms with Crippen LogP contribution in [0.25, 0.3) is 0 Å². The molecular formula is C15H15BrFN3O. The van der Waals surface area contributed by atoms with Crippen molar-refractivity contribution in [3.63, 3.8) is 0 Å². The Hall–Kier alpha value is -1.95. The smallest absolute Gasteiger partial charge is 0.259 e. The monoisotopic (exact) mass is 351 g/mol. The number of benzene rings is 1. The van der Waals surface area contributed by atoms with E-state index in [1.807, 2.05) is 13.8 Å². The number of hydrogen-bond acceptors (Lipinski definition) is 3. The first kappa shape index (κ1) is 15.4. The van der Waals surface area contributed by atoms with E-state index in [9.17, 15) is 9.18 Å². The molecule has 1 heterocycles. The molecule has 0 saturated heterocycles. The molecule has 2 N–H and O–H groups in total. The summed E-state index contributed by atoms with van der Waals surface area (Å²) >= 11 is 3.25. The minimum atomic E-state index is -0.489. The molecular weight excluding hydrogens is 337 g/mol. The van der Waals surface area contributed by atoms with Gasteiger partial charge in [-0.2, -0.15) is 0 Å². The van der Waals surface area contributed by atoms with Crippen molar-refractivity contribution in [3.05, 3.63) is 52.0 Å². The molecule has 0 aliphatic carbocycles. The highest BCUT2D eigenvalue weighted by Crippen LogP contribution is 2.22. The molecule has 6 heteroatoms. The number of rotatable bonds is 4. The number of pyridine rings is 1. The summed E-state index contributed by atoms with van der Waals surface area (Å²) in [6.07, 6.45) is 1.48. The molecule has 1 amide bonds. The Morgan fingerprint density at radius 2 is 2.10 bits per heavy atom. The molecule has 0 aliphatic heterocycles. The van der Waals surface area contributed by atoms with Crippen LogP contribution in [0.4, 0.5) is 15.8 Å². The van der Waals surface area contributed by atoms with Crippen molar-refractivity contribution in [3.8, 4) is 0 Å². The van der Waals surface area contributed by atoms with E-state index in [1.54, 1.807) is 12.1 Å². The van der Waals surface area contributed by atoms with Crippen LogP contribution >= 0.6 is 15.9 Å². The van der Waals surface area contributed by atoms with Gasteiger partial charge in [-0.1, -0.05) is 15.9 Å². The van der Waals surface area contributed by atoms with Gasteiger partial charge in [-0.3, -0.25) is 9.78 Å². The summed E-state index contributed by atoms with van der Waals surface area (Å²) in [4.78, 5) is 16.4. The molecule has 2 aromatic rings. The maximum atomic E-state index is 13.7. The van der Waals surface area contributed by atoms with Gasteiger partial charge in [0.2, 0.25) is 0 Å². The summed E-state index contributed by atoms with van der Waals surface area (Å²) in [5.41, 5.74) is 1.98. The van der Waals surface area contributed by atoms with E-state index < -0.39 is 11.7 Å². The highest BCUT2D eigenvalue weighted by atomic mass is 79.9. The lowest BCUT2D eigenvalue weighted by molar-refractivity contribution is 0.102. The Balaban J connectivity index is 2.30. The zero-order chi connectivity index (χ0) is 15.4. The SMILES string of the molecule is CCNc1cc(C)ncc1C(=O)Nc1cc(Br)ccc1F. The normalized spacial score (nSPS) is 10.3. The second-order valence-corrected chi connectivity index (χ2v) is 5.40. The molecule has 110 valence electrons. The fraction of sp³-hybridized carbons (Fsp3) is 0.200. The van der Waals surface area contributed by atoms with Crippen molar-refractivity contribution >= 4 is 33.2 Å². The Morgan fingerprint density at radius 3 is 2.81 bits per heavy atom. The van der Waals surface area contributed by atoms with Crippen LogP contribution in [0, 0.1) is 12.7 Å². The van der Waals surface area contributed by atoms with E-state index in [0.717, 1.165) is 5.69 Å². The summed E-state index contributed by atoms with van der Waals surface area (Å²) in [7, 11) is 0. The van der Waals surface area contributed by atoms with Gasteiger partial charge < -0.3 is 10.6 Å². The van der Waals surface area contributed by atoms with E-state index in [0.29, 0.717) is 22.3 Å². The molecule has 0 atom stereocenters. The predicted octanol–water partition coefficient (Wildman–Crippen LogP) is 3.98. The lowest BCUT2D eigenvalue weighted by Crippen LogP contribution is -2.16. The van der Waals surface area contributed by atoms with Crippen LogP contribution in [-0.4, -0.2) is 17.4 Å². The lowest BCUT2D eigenvalue weighted by Gasteiger charge is -2.12. The number of carbonyl (C=O) groups excluding carboxylic acids is 1. The fourth-order valence-electron chi connectivity index (χ4n) is 1.86. The zero-order valence-corrected chi connectivity index (χ0v) is 13.3. The number of carbonyl (C=O) groups is 1. The van der Waals surface area contributed by atoms with E-state index in [-0.39, 0.29) is 5.69 Å². The number of amides is 1. The highest BCUT2D eigenvalue weighted by Gasteiger charge is 2.14. The highest BCUT2D eigenvalue weighted by molar-refractivity contribution is 9.10. The molecule has 1 aromatic carbocycles. The van der Waals surface area contributed by atoms with Crippen LogP contribution in [-0.2, 0) is 0 Å². The molecule has 0 unspecified atom stereocenters. The fourth-order valence-corrected chi connectivity index (χ4v) is 2.22. The van der Waals surface area contributed by atoms with Crippen molar-refractivity contribution in [2.45, 2.75) is 13.8 Å². The van der Waals surface area contributed by atoms with Crippen molar-refractivity contribution in [2.24, 2.45) is 0 Å². The Labute approximate surface area is 130 Å². The van der Waals surface area contributed by atoms with Gasteiger partial charge in [0, 0.05) is 22.9 Å². The first-order chi connectivity index (χ1) is 10.0. The van der Waals surface area contributed by atoms with Gasteiger partial charge in [0.25, 0.3) is 5.91 Å². The summed E-state index contributed by atoms with van der Waals surface area (Å²) in [6.45, 7) is 4.46. The summed E-state index contributed by atoms with van der Waals surface area (Å²) in [6, 6.07) is 6.16. The van der Waals surface area contributed by atoms with E-state index in [4.69, 9.17) is 0 Å². The Kier molecular flexibility index (Phi) is 4.90. The Bertz CT molecular complexity index is 676. The first-order valence-electron chi connectivity index (χ1n) is 6.48. The van der Waals surface area contributed by atoms with E-state index in [2.05, 4.69) is 31.5 Å². The summed E-state index contributed by atoms with van der Waals surface area (Å²) < 4.78 is 14.4. The Morgan fingerprint density at radius 1 is 1.33 bits per heavy atom. The molecule has 0 fully saturated rings. The molecule has 1 aromatic heterocycles. The molecule has 2 rings (SSSR count). The second kappa shape index (κ2) is 6.67. The standard InChI is InChI=1S/C15H15BrFN3O/c1-3-18-13-6-9(2)19-8-11(13)15(21)20-14-7-10(16)4-5-12(14)17/h4-8H,3H2,1-2H3,(H,18,19)(H,20,21). The molecule has 0 aliphatic rings. The van der Waals surface area contributed by atoms with Crippen molar-refractivity contribution < 1.29 is 9.18 Å². The second-order valence-electron chi connectivity index (χ2n) is 4.48. The van der Waals surface area contributed by atoms with Gasteiger partial charge in [0.05, 0.1) is 16.9 Å². The third kappa shape index (κ3) is 3.78. The minimum Gasteiger partial charge on any atom is -0.385 e. The van der Waals surface area contributed by atoms with Gasteiger partial charge >= 0.3 is 0 Å². The van der Waals surface area contributed by atoms with Crippen LogP contribution in [0.5, 0.6) is 0 Å². The average molecular weight is 352 g/mol. The number of anilines is 2. The summed E-state index contributed by atoms with van der Waals surface area (Å²) in [5, 5.41) is 5.67. The van der Waals surface area contributed by atoms with Crippen LogP contribution < -0.4 is 10.6 Å². The average Bonchev–Trinajstić information content (AvgIpc) is 2.43. The number of hydrogen-bond donors (Lipinski definition) is 2. The number of aromatic nitrogens is 1. The van der Waals surface area contributed by atoms with Crippen LogP contribution in [0.15, 0.2) is 34.9 Å². The molecule has 21 heavy (non-hydrogen) atoms. The number of nitrogens with one attached hydrogen (secondary N) is 2. The quantitative estimate of drug-likeness (QED) is 0.875. The van der Waals surface area contributed by atoms with Gasteiger partial charge in [-0.25, -0.2) is 4.39 Å². The number of aryl methyl sites for hydroxylation is 1. The minimum absolute atomic E-state index is 0.123. The predicted molar refractivity (Wildman–Crippen MR) is 85.2 cm³/mol. The van der Waals surface area contributed by atoms with Crippen LogP contribution in [0.2, 0.25) is 0 Å². The summed E-state index contributed by atoms with van der Waals surface area (Å²) in [5.74, 6) is -0.896. The maximum Gasteiger partial charge on any atom is 0.259 e. The van der Waals surface area contributed by atoms with Crippen molar-refractivity contribution in [1.82, 2.24) is 4.98 Å². The van der Waals surface area contributed by atoms with E-state index in [1.165, 1.54) is 18.3 Å². The van der Waals surface area contributed by atoms with E-state index >= 15 is 0 Å². The topological polar surface area (TPSA) is 54.0 Å². The largest absolute Gasteiger partial charge is 0.385 e. The number of nitrogens with zero attached hydrogens (tertiary/aromatic N) is 1. The zero-order valence-electron chi connectivity index (χ0n) is 11.7. The lowest BCUT2D eigenvalue weighted by atomic mass is 10.2. The first-order valence-corrected chi connectivity index (χ1v) is 7.27. The van der Waals surface area contributed by atoms with Gasteiger partial charge in [0.1, 0.15) is 5.82 Å². The number of halogens is 2. The molecule has 0 saturated carbocycles. The van der Waals surface area contributed by atoms with Crippen molar-refractivity contribution in [1.29, 1.82) is 0 Å². The third-order valence-electron chi connectivity index (χ3n) is 2.83. The molecule has 4 nitrogen and oxygen atoms in total. The van der Waals surface area contributed by atoms with Gasteiger partial charge in [0.15, 0.2) is 0 Å². The molecule has 0 radical (unpaired) electrons. The molecule has 0 bridgehead atoms. The van der Waals surface area contributed by atoms with Gasteiger partial charge in [-0.05, 0) is 38.1 Å². The van der Waals surface area contributed by atoms with Gasteiger partial charge in [-0.15, -0.1) is 0 Å². The van der Waals surface area contributed by atoms with Crippen LogP contribution in [0.3, 0.4) is 0 Å². The maximum absolute atomic E-state index is 13.7. The van der Waals surface area contributed by atoms with Crippen molar-refractivity contribution in [2.75, 3.05) is 17.2 Å².